The standard InChI is InChI=1S/C27H46N7O18P3S/c1-4-5-6-15(35)26(40)56-10-9-29-17(36)7-8-30-24(39)21(38)27(2,3)12-49-55(46,47)52-54(44,45)48-11-16-20(51-53(41,42)43)19(37)25(50-16)34-14-33-18-22(28)31-13-32-23(18)34/h13-16,19-21,25,35,37-38H,4-12H2,1-3H3,(H,29,36)(H,30,39)(H,44,45)(H,46,47)(H2,28,31,32)(H2,41,42,43)/p-4/t15?,16-,19-,20-,21+,25-/m1/s1. The first-order valence-corrected chi connectivity index (χ1v) is 22.0. The van der Waals surface area contributed by atoms with Gasteiger partial charge in [-0.15, -0.1) is 0 Å². The number of ether oxygens (including phenoxy) is 1. The monoisotopic (exact) mass is 877 g/mol. The second-order valence-corrected chi connectivity index (χ2v) is 18.0. The van der Waals surface area contributed by atoms with E-state index in [2.05, 4.69) is 43.5 Å². The number of nitrogens with two attached hydrogens (primary N) is 1. The van der Waals surface area contributed by atoms with Crippen LogP contribution in [0.2, 0.25) is 0 Å². The van der Waals surface area contributed by atoms with Gasteiger partial charge >= 0.3 is 0 Å². The van der Waals surface area contributed by atoms with E-state index in [4.69, 9.17) is 10.5 Å². The van der Waals surface area contributed by atoms with Crippen molar-refractivity contribution in [2.75, 3.05) is 37.8 Å². The molecule has 0 bridgehead atoms. The van der Waals surface area contributed by atoms with Gasteiger partial charge in [-0.25, -0.2) is 19.3 Å². The summed E-state index contributed by atoms with van der Waals surface area (Å²) in [5.41, 5.74) is 4.04. The molecule has 29 heteroatoms. The minimum absolute atomic E-state index is 0.0259. The molecule has 0 aliphatic carbocycles. The number of phosphoric ester groups is 3. The van der Waals surface area contributed by atoms with E-state index in [-0.39, 0.29) is 42.2 Å². The van der Waals surface area contributed by atoms with Crippen LogP contribution in [0.4, 0.5) is 5.82 Å². The Hall–Kier alpha value is -2.48. The van der Waals surface area contributed by atoms with Gasteiger partial charge in [0, 0.05) is 30.7 Å². The third kappa shape index (κ3) is 14.4. The normalized spacial score (nSPS) is 22.2. The summed E-state index contributed by atoms with van der Waals surface area (Å²) < 4.78 is 60.4. The van der Waals surface area contributed by atoms with Gasteiger partial charge in [0.05, 0.1) is 27.4 Å². The number of aromatic nitrogens is 4. The summed E-state index contributed by atoms with van der Waals surface area (Å²) in [6.45, 7) is 1.85. The number of hydrogen-bond donors (Lipinski definition) is 6. The number of carbonyl (C=O) groups excluding carboxylic acids is 3. The van der Waals surface area contributed by atoms with Crippen molar-refractivity contribution in [2.24, 2.45) is 5.41 Å². The third-order valence-corrected chi connectivity index (χ3v) is 11.8. The van der Waals surface area contributed by atoms with Crippen molar-refractivity contribution in [2.45, 2.75) is 83.2 Å². The summed E-state index contributed by atoms with van der Waals surface area (Å²) in [6, 6.07) is 0. The number of carbonyl (C=O) groups is 3. The van der Waals surface area contributed by atoms with Crippen LogP contribution in [0.15, 0.2) is 12.7 Å². The lowest BCUT2D eigenvalue weighted by molar-refractivity contribution is -0.347. The van der Waals surface area contributed by atoms with Gasteiger partial charge in [-0.3, -0.25) is 28.1 Å². The number of fused-ring (bicyclic) bond motifs is 1. The van der Waals surface area contributed by atoms with Crippen LogP contribution in [0.25, 0.3) is 11.2 Å². The van der Waals surface area contributed by atoms with Crippen LogP contribution in [-0.2, 0) is 50.7 Å². The molecule has 8 atom stereocenters. The second kappa shape index (κ2) is 20.5. The van der Waals surface area contributed by atoms with Crippen LogP contribution in [0.5, 0.6) is 0 Å². The molecule has 56 heavy (non-hydrogen) atoms. The van der Waals surface area contributed by atoms with Crippen molar-refractivity contribution in [1.29, 1.82) is 0 Å². The lowest BCUT2D eigenvalue weighted by atomic mass is 9.87. The number of nitrogens with one attached hydrogen (secondary N) is 2. The Morgan fingerprint density at radius 2 is 1.75 bits per heavy atom. The molecule has 0 saturated carbocycles. The van der Waals surface area contributed by atoms with Crippen molar-refractivity contribution in [3.05, 3.63) is 12.7 Å². The largest absolute Gasteiger partial charge is 0.790 e. The van der Waals surface area contributed by atoms with Gasteiger partial charge in [0.2, 0.25) is 16.9 Å². The molecule has 3 unspecified atom stereocenters. The molecule has 1 fully saturated rings. The first-order chi connectivity index (χ1) is 26.0. The van der Waals surface area contributed by atoms with Crippen LogP contribution >= 0.6 is 35.2 Å². The number of unbranched alkanes of at least 4 members (excludes halogenated alkanes) is 1. The molecule has 0 radical (unpaired) electrons. The van der Waals surface area contributed by atoms with Crippen LogP contribution in [0.1, 0.15) is 52.7 Å². The summed E-state index contributed by atoms with van der Waals surface area (Å²) >= 11 is 0.867. The molecule has 1 saturated heterocycles. The number of aliphatic hydroxyl groups is 3. The number of nitrogen functional groups attached to an aromatic ring is 1. The van der Waals surface area contributed by atoms with Gasteiger partial charge in [-0.05, 0) is 6.42 Å². The van der Waals surface area contributed by atoms with Gasteiger partial charge < -0.3 is 74.1 Å². The van der Waals surface area contributed by atoms with Crippen LogP contribution in [0, 0.1) is 5.41 Å². The highest BCUT2D eigenvalue weighted by atomic mass is 32.2. The summed E-state index contributed by atoms with van der Waals surface area (Å²) in [7, 11) is -17.6. The summed E-state index contributed by atoms with van der Waals surface area (Å²) in [5.74, 6) is -1.42. The van der Waals surface area contributed by atoms with Gasteiger partial charge in [0.1, 0.15) is 42.4 Å². The molecule has 318 valence electrons. The molecule has 2 amide bonds. The van der Waals surface area contributed by atoms with Crippen molar-refractivity contribution in [3.63, 3.8) is 0 Å². The lowest BCUT2D eigenvalue weighted by Gasteiger charge is -2.36. The first kappa shape index (κ1) is 47.9. The van der Waals surface area contributed by atoms with E-state index in [0.29, 0.717) is 12.8 Å². The predicted octanol–water partition coefficient (Wildman–Crippen LogP) is -3.31. The summed E-state index contributed by atoms with van der Waals surface area (Å²) in [6.07, 6.45) is -6.90. The topological polar surface area (TPSA) is 395 Å². The number of anilines is 1. The zero-order chi connectivity index (χ0) is 42.1. The highest BCUT2D eigenvalue weighted by Crippen LogP contribution is 2.56. The number of nitrogens with zero attached hydrogens (tertiary/aromatic N) is 4. The third-order valence-electron chi connectivity index (χ3n) is 7.82. The molecule has 1 aliphatic heterocycles. The molecular formula is C27H42N7O18P3S-4. The first-order valence-electron chi connectivity index (χ1n) is 16.6. The second-order valence-electron chi connectivity index (χ2n) is 12.8. The number of hydrogen-bond acceptors (Lipinski definition) is 23. The highest BCUT2D eigenvalue weighted by molar-refractivity contribution is 8.13. The van der Waals surface area contributed by atoms with E-state index in [1.807, 2.05) is 6.92 Å². The molecule has 7 N–H and O–H groups in total. The van der Waals surface area contributed by atoms with Crippen molar-refractivity contribution in [1.82, 2.24) is 30.2 Å². The molecule has 3 rings (SSSR count). The summed E-state index contributed by atoms with van der Waals surface area (Å²) in [5, 5.41) is 35.5. The summed E-state index contributed by atoms with van der Waals surface area (Å²) in [4.78, 5) is 95.8. The fourth-order valence-corrected chi connectivity index (χ4v) is 8.32. The fourth-order valence-electron chi connectivity index (χ4n) is 4.87. The molecule has 2 aromatic heterocycles. The molecule has 0 aromatic carbocycles. The molecular weight excluding hydrogens is 835 g/mol. The fraction of sp³-hybridized carbons (Fsp3) is 0.704. The van der Waals surface area contributed by atoms with E-state index in [1.165, 1.54) is 13.8 Å². The molecule has 1 aliphatic rings. The molecule has 2 aromatic rings. The number of aliphatic hydroxyl groups excluding tert-OH is 3. The molecule has 25 nitrogen and oxygen atoms in total. The van der Waals surface area contributed by atoms with E-state index < -0.39 is 95.8 Å². The minimum atomic E-state index is -5.92. The minimum Gasteiger partial charge on any atom is -0.790 e. The number of phosphoric acid groups is 3. The average molecular weight is 878 g/mol. The SMILES string of the molecule is CCCCC(O)C(=O)SCCNC(=O)CCNC(=O)[C@H](O)C(C)(C)COP(=O)([O-])OP(=O)([O-])OC[C@H]1O[C@@H](n2cnc3c(N)ncnc32)[C@H](O)[C@@H]1OP(=O)([O-])[O-]. The molecule has 3 heterocycles. The lowest BCUT2D eigenvalue weighted by Crippen LogP contribution is -2.46. The number of imidazole rings is 1. The maximum absolute atomic E-state index is 12.5. The van der Waals surface area contributed by atoms with E-state index in [9.17, 15) is 63.0 Å². The van der Waals surface area contributed by atoms with Crippen LogP contribution < -0.4 is 35.9 Å². The van der Waals surface area contributed by atoms with Crippen LogP contribution in [0.3, 0.4) is 0 Å². The average Bonchev–Trinajstić information content (AvgIpc) is 3.66. The molecule has 0 spiro atoms. The Labute approximate surface area is 323 Å². The van der Waals surface area contributed by atoms with Gasteiger partial charge in [0.15, 0.2) is 17.7 Å². The smallest absolute Gasteiger partial charge is 0.274 e. The van der Waals surface area contributed by atoms with Gasteiger partial charge in [-0.1, -0.05) is 45.4 Å². The quantitative estimate of drug-likeness (QED) is 0.0470. The predicted molar refractivity (Wildman–Crippen MR) is 184 cm³/mol. The van der Waals surface area contributed by atoms with Gasteiger partial charge in [0.25, 0.3) is 15.6 Å². The Balaban J connectivity index is 1.48. The van der Waals surface area contributed by atoms with E-state index in [1.54, 1.807) is 0 Å². The van der Waals surface area contributed by atoms with Crippen LogP contribution in [-0.4, -0.2) is 114 Å². The Kier molecular flexibility index (Phi) is 17.5. The van der Waals surface area contributed by atoms with Crippen molar-refractivity contribution in [3.8, 4) is 0 Å². The number of amides is 2. The van der Waals surface area contributed by atoms with Gasteiger partial charge in [-0.2, -0.15) is 0 Å². The highest BCUT2D eigenvalue weighted by Gasteiger charge is 2.47. The Morgan fingerprint density at radius 3 is 2.41 bits per heavy atom. The number of thioether (sulfide) groups is 1. The van der Waals surface area contributed by atoms with Crippen molar-refractivity contribution >= 4 is 69.1 Å². The zero-order valence-electron chi connectivity index (χ0n) is 30.1. The zero-order valence-corrected chi connectivity index (χ0v) is 33.6. The van der Waals surface area contributed by atoms with Crippen molar-refractivity contribution < 1.29 is 85.6 Å². The number of rotatable bonds is 23. The Bertz CT molecular complexity index is 1820. The maximum atomic E-state index is 12.5. The van der Waals surface area contributed by atoms with E-state index >= 15 is 0 Å². The Morgan fingerprint density at radius 1 is 1.07 bits per heavy atom. The maximum Gasteiger partial charge on any atom is 0.274 e. The van der Waals surface area contributed by atoms with E-state index in [0.717, 1.165) is 35.4 Å².